The smallest absolute Gasteiger partial charge is 0.303 e. The monoisotopic (exact) mass is 244 g/mol. The molecule has 0 saturated carbocycles. The van der Waals surface area contributed by atoms with E-state index in [-0.39, 0.29) is 31.2 Å². The molecule has 98 valence electrons. The second kappa shape index (κ2) is 7.65. The first-order valence-electron chi connectivity index (χ1n) is 5.65. The Kier molecular flexibility index (Phi) is 6.93. The summed E-state index contributed by atoms with van der Waals surface area (Å²) in [5.41, 5.74) is 0. The van der Waals surface area contributed by atoms with Crippen LogP contribution < -0.4 is 0 Å². The Morgan fingerprint density at radius 3 is 1.94 bits per heavy atom. The first-order valence-corrected chi connectivity index (χ1v) is 5.65. The zero-order chi connectivity index (χ0) is 13.4. The quantitative estimate of drug-likeness (QED) is 0.693. The number of amides is 2. The molecule has 2 amide bonds. The summed E-state index contributed by atoms with van der Waals surface area (Å²) in [5.74, 6) is -1.46. The lowest BCUT2D eigenvalue weighted by Crippen LogP contribution is -2.41. The molecular formula is C11H20N2O4. The van der Waals surface area contributed by atoms with Crippen molar-refractivity contribution in [1.29, 1.82) is 0 Å². The van der Waals surface area contributed by atoms with E-state index in [9.17, 15) is 14.4 Å². The minimum absolute atomic E-state index is 0.000131. The lowest BCUT2D eigenvalue weighted by molar-refractivity contribution is -0.142. The highest BCUT2D eigenvalue weighted by molar-refractivity contribution is 5.86. The molecule has 0 aromatic heterocycles. The van der Waals surface area contributed by atoms with Crippen LogP contribution in [0, 0.1) is 0 Å². The van der Waals surface area contributed by atoms with Gasteiger partial charge in [0.05, 0.1) is 13.0 Å². The van der Waals surface area contributed by atoms with E-state index < -0.39 is 5.97 Å². The van der Waals surface area contributed by atoms with E-state index in [1.807, 2.05) is 13.8 Å². The Morgan fingerprint density at radius 2 is 1.53 bits per heavy atom. The highest BCUT2D eigenvalue weighted by Crippen LogP contribution is 1.98. The summed E-state index contributed by atoms with van der Waals surface area (Å²) in [6.45, 7) is 4.94. The van der Waals surface area contributed by atoms with Gasteiger partial charge in [0.15, 0.2) is 0 Å². The van der Waals surface area contributed by atoms with E-state index in [2.05, 4.69) is 0 Å². The third-order valence-corrected chi connectivity index (χ3v) is 2.47. The van der Waals surface area contributed by atoms with Crippen LogP contribution in [0.4, 0.5) is 0 Å². The van der Waals surface area contributed by atoms with E-state index in [1.54, 1.807) is 4.90 Å². The normalized spacial score (nSPS) is 9.82. The zero-order valence-corrected chi connectivity index (χ0v) is 10.6. The fourth-order valence-electron chi connectivity index (χ4n) is 1.37. The number of rotatable bonds is 7. The molecule has 0 saturated heterocycles. The van der Waals surface area contributed by atoms with Gasteiger partial charge in [-0.05, 0) is 13.8 Å². The summed E-state index contributed by atoms with van der Waals surface area (Å²) in [4.78, 5) is 36.3. The van der Waals surface area contributed by atoms with Crippen molar-refractivity contribution in [2.24, 2.45) is 0 Å². The van der Waals surface area contributed by atoms with Gasteiger partial charge >= 0.3 is 5.97 Å². The van der Waals surface area contributed by atoms with E-state index in [4.69, 9.17) is 5.11 Å². The Hall–Kier alpha value is -1.59. The molecule has 6 heteroatoms. The second-order valence-corrected chi connectivity index (χ2v) is 3.71. The molecule has 0 atom stereocenters. The van der Waals surface area contributed by atoms with E-state index in [1.165, 1.54) is 11.9 Å². The zero-order valence-electron chi connectivity index (χ0n) is 10.6. The van der Waals surface area contributed by atoms with Crippen molar-refractivity contribution >= 4 is 17.8 Å². The van der Waals surface area contributed by atoms with Crippen molar-refractivity contribution in [2.45, 2.75) is 26.7 Å². The van der Waals surface area contributed by atoms with Gasteiger partial charge in [0.25, 0.3) is 0 Å². The van der Waals surface area contributed by atoms with Gasteiger partial charge in [-0.25, -0.2) is 0 Å². The number of likely N-dealkylation sites (N-methyl/N-ethyl adjacent to an activating group) is 2. The van der Waals surface area contributed by atoms with E-state index >= 15 is 0 Å². The second-order valence-electron chi connectivity index (χ2n) is 3.71. The number of hydrogen-bond acceptors (Lipinski definition) is 3. The molecule has 0 heterocycles. The van der Waals surface area contributed by atoms with Gasteiger partial charge in [-0.2, -0.15) is 0 Å². The van der Waals surface area contributed by atoms with Crippen LogP contribution in [0.2, 0.25) is 0 Å². The van der Waals surface area contributed by atoms with Gasteiger partial charge in [0.2, 0.25) is 11.8 Å². The van der Waals surface area contributed by atoms with Crippen molar-refractivity contribution < 1.29 is 19.5 Å². The summed E-state index contributed by atoms with van der Waals surface area (Å²) in [6, 6.07) is 0. The Morgan fingerprint density at radius 1 is 1.00 bits per heavy atom. The molecule has 1 N–H and O–H groups in total. The number of carbonyl (C=O) groups is 3. The lowest BCUT2D eigenvalue weighted by Gasteiger charge is -2.23. The maximum Gasteiger partial charge on any atom is 0.303 e. The molecule has 0 bridgehead atoms. The molecular weight excluding hydrogens is 224 g/mol. The minimum Gasteiger partial charge on any atom is -0.481 e. The van der Waals surface area contributed by atoms with Crippen LogP contribution >= 0.6 is 0 Å². The number of nitrogens with zero attached hydrogens (tertiary/aromatic N) is 2. The number of carbonyl (C=O) groups excluding carboxylic acids is 2. The highest BCUT2D eigenvalue weighted by Gasteiger charge is 2.16. The van der Waals surface area contributed by atoms with Gasteiger partial charge in [-0.3, -0.25) is 14.4 Å². The molecule has 0 rings (SSSR count). The predicted molar refractivity (Wildman–Crippen MR) is 62.4 cm³/mol. The van der Waals surface area contributed by atoms with Gasteiger partial charge in [-0.15, -0.1) is 0 Å². The molecule has 0 aliphatic carbocycles. The lowest BCUT2D eigenvalue weighted by atomic mass is 10.3. The fourth-order valence-corrected chi connectivity index (χ4v) is 1.37. The molecule has 0 aliphatic rings. The minimum atomic E-state index is -1.01. The standard InChI is InChI=1S/C11H20N2O4/c1-4-13(5-2)10(15)8-12(3)9(14)6-7-11(16)17/h4-8H2,1-3H3,(H,16,17). The number of carboxylic acids is 1. The first-order chi connectivity index (χ1) is 7.92. The van der Waals surface area contributed by atoms with Crippen LogP contribution in [0.1, 0.15) is 26.7 Å². The third-order valence-electron chi connectivity index (χ3n) is 2.47. The third kappa shape index (κ3) is 5.89. The summed E-state index contributed by atoms with van der Waals surface area (Å²) >= 11 is 0. The van der Waals surface area contributed by atoms with Crippen LogP contribution in [0.15, 0.2) is 0 Å². The van der Waals surface area contributed by atoms with E-state index in [0.717, 1.165) is 0 Å². The molecule has 0 fully saturated rings. The van der Waals surface area contributed by atoms with Crippen LogP contribution in [-0.2, 0) is 14.4 Å². The van der Waals surface area contributed by atoms with Gasteiger partial charge in [0.1, 0.15) is 0 Å². The van der Waals surface area contributed by atoms with Crippen LogP contribution in [0.3, 0.4) is 0 Å². The molecule has 0 radical (unpaired) electrons. The summed E-state index contributed by atoms with van der Waals surface area (Å²) in [5, 5.41) is 8.44. The van der Waals surface area contributed by atoms with Crippen molar-refractivity contribution in [2.75, 3.05) is 26.7 Å². The van der Waals surface area contributed by atoms with Gasteiger partial charge in [0, 0.05) is 26.6 Å². The van der Waals surface area contributed by atoms with Crippen molar-refractivity contribution in [1.82, 2.24) is 9.80 Å². The maximum atomic E-state index is 11.7. The molecule has 17 heavy (non-hydrogen) atoms. The molecule has 6 nitrogen and oxygen atoms in total. The maximum absolute atomic E-state index is 11.7. The van der Waals surface area contributed by atoms with Crippen LogP contribution in [0.25, 0.3) is 0 Å². The van der Waals surface area contributed by atoms with E-state index in [0.29, 0.717) is 13.1 Å². The number of hydrogen-bond donors (Lipinski definition) is 1. The molecule has 0 aromatic rings. The van der Waals surface area contributed by atoms with Crippen LogP contribution in [0.5, 0.6) is 0 Å². The SMILES string of the molecule is CCN(CC)C(=O)CN(C)C(=O)CCC(=O)O. The molecule has 0 spiro atoms. The summed E-state index contributed by atoms with van der Waals surface area (Å²) < 4.78 is 0. The number of aliphatic carboxylic acids is 1. The molecule has 0 aliphatic heterocycles. The van der Waals surface area contributed by atoms with Crippen molar-refractivity contribution in [3.63, 3.8) is 0 Å². The summed E-state index contributed by atoms with van der Waals surface area (Å²) in [7, 11) is 1.51. The van der Waals surface area contributed by atoms with Crippen molar-refractivity contribution in [3.8, 4) is 0 Å². The fraction of sp³-hybridized carbons (Fsp3) is 0.727. The van der Waals surface area contributed by atoms with Gasteiger partial charge < -0.3 is 14.9 Å². The van der Waals surface area contributed by atoms with Crippen LogP contribution in [-0.4, -0.2) is 59.4 Å². The predicted octanol–water partition coefficient (Wildman–Crippen LogP) is 0.178. The highest BCUT2D eigenvalue weighted by atomic mass is 16.4. The topological polar surface area (TPSA) is 77.9 Å². The number of carboxylic acid groups (broad SMARTS) is 1. The Balaban J connectivity index is 4.15. The largest absolute Gasteiger partial charge is 0.481 e. The van der Waals surface area contributed by atoms with Crippen molar-refractivity contribution in [3.05, 3.63) is 0 Å². The Labute approximate surface area is 101 Å². The molecule has 0 unspecified atom stereocenters. The average molecular weight is 244 g/mol. The van der Waals surface area contributed by atoms with Gasteiger partial charge in [-0.1, -0.05) is 0 Å². The molecule has 0 aromatic carbocycles. The summed E-state index contributed by atoms with van der Waals surface area (Å²) in [6.07, 6.45) is -0.278. The first kappa shape index (κ1) is 15.4. The average Bonchev–Trinajstić information content (AvgIpc) is 2.27. The Bertz CT molecular complexity index is 287.